The fourth-order valence-corrected chi connectivity index (χ4v) is 4.66. The van der Waals surface area contributed by atoms with E-state index < -0.39 is 15.7 Å². The summed E-state index contributed by atoms with van der Waals surface area (Å²) in [5, 5.41) is 3.73. The zero-order valence-corrected chi connectivity index (χ0v) is 19.3. The number of hydrogen-bond acceptors (Lipinski definition) is 5. The first kappa shape index (κ1) is 22.0. The van der Waals surface area contributed by atoms with Crippen LogP contribution in [0, 0.1) is 0 Å². The van der Waals surface area contributed by atoms with Crippen LogP contribution in [-0.2, 0) is 16.4 Å². The van der Waals surface area contributed by atoms with Gasteiger partial charge < -0.3 is 14.8 Å². The number of anilines is 1. The zero-order valence-electron chi connectivity index (χ0n) is 18.4. The van der Waals surface area contributed by atoms with Gasteiger partial charge in [-0.2, -0.15) is 0 Å². The molecule has 3 heterocycles. The molecular weight excluding hydrogens is 426 g/mol. The van der Waals surface area contributed by atoms with Crippen LogP contribution in [0.3, 0.4) is 0 Å². The quantitative estimate of drug-likeness (QED) is 0.442. The third-order valence-corrected chi connectivity index (χ3v) is 6.59. The molecule has 32 heavy (non-hydrogen) atoms. The number of amides is 1. The Morgan fingerprint density at radius 3 is 2.56 bits per heavy atom. The summed E-state index contributed by atoms with van der Waals surface area (Å²) in [4.78, 5) is 19.5. The maximum atomic E-state index is 13.0. The molecule has 0 aliphatic heterocycles. The minimum Gasteiger partial charge on any atom is -0.346 e. The molecule has 0 fully saturated rings. The number of aromatic nitrogens is 3. The summed E-state index contributed by atoms with van der Waals surface area (Å²) in [6.07, 6.45) is 4.72. The fourth-order valence-electron chi connectivity index (χ4n) is 3.89. The Bertz CT molecular complexity index is 1380. The molecule has 0 atom stereocenters. The highest BCUT2D eigenvalue weighted by atomic mass is 32.2. The third-order valence-electron chi connectivity index (χ3n) is 5.64. The molecule has 3 aromatic heterocycles. The highest BCUT2D eigenvalue weighted by molar-refractivity contribution is 7.90. The lowest BCUT2D eigenvalue weighted by molar-refractivity contribution is 0.102. The number of carbonyl (C=O) groups excluding carboxylic acids is 1. The molecule has 8 nitrogen and oxygen atoms in total. The van der Waals surface area contributed by atoms with Gasteiger partial charge in [0.25, 0.3) is 5.91 Å². The molecule has 1 N–H and O–H groups in total. The molecule has 1 aromatic carbocycles. The summed E-state index contributed by atoms with van der Waals surface area (Å²) < 4.78 is 27.8. The maximum Gasteiger partial charge on any atom is 0.276 e. The van der Waals surface area contributed by atoms with Crippen LogP contribution in [0.5, 0.6) is 0 Å². The maximum absolute atomic E-state index is 13.0. The van der Waals surface area contributed by atoms with Gasteiger partial charge in [-0.15, -0.1) is 0 Å². The number of nitrogens with zero attached hydrogens (tertiary/aromatic N) is 4. The minimum absolute atomic E-state index is 0.0721. The normalized spacial score (nSPS) is 12.1. The monoisotopic (exact) mass is 453 g/mol. The SMILES string of the molecule is CCN(CC)CCn1ccc2cc(NC(=O)c3nc(S(C)(=O)=O)n4ccccc34)ccc21. The summed E-state index contributed by atoms with van der Waals surface area (Å²) in [5.74, 6) is -0.455. The summed E-state index contributed by atoms with van der Waals surface area (Å²) in [6.45, 7) is 8.24. The second-order valence-electron chi connectivity index (χ2n) is 7.73. The third kappa shape index (κ3) is 4.26. The number of fused-ring (bicyclic) bond motifs is 2. The van der Waals surface area contributed by atoms with Crippen molar-refractivity contribution in [1.29, 1.82) is 0 Å². The Hall–Kier alpha value is -3.17. The van der Waals surface area contributed by atoms with E-state index in [1.807, 2.05) is 24.3 Å². The van der Waals surface area contributed by atoms with Crippen LogP contribution < -0.4 is 5.32 Å². The molecule has 168 valence electrons. The molecule has 0 unspecified atom stereocenters. The van der Waals surface area contributed by atoms with Gasteiger partial charge in [-0.3, -0.25) is 9.20 Å². The minimum atomic E-state index is -3.59. The summed E-state index contributed by atoms with van der Waals surface area (Å²) in [5.41, 5.74) is 2.24. The van der Waals surface area contributed by atoms with Gasteiger partial charge in [-0.25, -0.2) is 13.4 Å². The Balaban J connectivity index is 1.59. The Kier molecular flexibility index (Phi) is 6.03. The van der Waals surface area contributed by atoms with Crippen molar-refractivity contribution in [2.75, 3.05) is 31.2 Å². The van der Waals surface area contributed by atoms with Crippen molar-refractivity contribution in [3.05, 3.63) is 60.6 Å². The molecule has 4 aromatic rings. The predicted molar refractivity (Wildman–Crippen MR) is 126 cm³/mol. The fraction of sp³-hybridized carbons (Fsp3) is 0.304. The van der Waals surface area contributed by atoms with Crippen LogP contribution in [0.25, 0.3) is 16.4 Å². The van der Waals surface area contributed by atoms with Crippen molar-refractivity contribution in [2.45, 2.75) is 25.5 Å². The number of pyridine rings is 1. The van der Waals surface area contributed by atoms with E-state index in [1.165, 1.54) is 4.40 Å². The van der Waals surface area contributed by atoms with E-state index in [0.717, 1.165) is 43.3 Å². The van der Waals surface area contributed by atoms with E-state index in [-0.39, 0.29) is 10.9 Å². The van der Waals surface area contributed by atoms with E-state index in [2.05, 4.69) is 39.8 Å². The molecule has 0 aliphatic carbocycles. The summed E-state index contributed by atoms with van der Waals surface area (Å²) >= 11 is 0. The number of likely N-dealkylation sites (N-methyl/N-ethyl adjacent to an activating group) is 1. The van der Waals surface area contributed by atoms with Crippen molar-refractivity contribution in [3.63, 3.8) is 0 Å². The number of hydrogen-bond donors (Lipinski definition) is 1. The molecule has 1 amide bonds. The number of sulfone groups is 1. The van der Waals surface area contributed by atoms with Gasteiger partial charge in [-0.1, -0.05) is 19.9 Å². The molecule has 0 saturated carbocycles. The van der Waals surface area contributed by atoms with Crippen LogP contribution in [0.15, 0.2) is 60.0 Å². The molecule has 9 heteroatoms. The van der Waals surface area contributed by atoms with E-state index in [0.29, 0.717) is 11.2 Å². The average molecular weight is 454 g/mol. The van der Waals surface area contributed by atoms with Crippen molar-refractivity contribution in [2.24, 2.45) is 0 Å². The van der Waals surface area contributed by atoms with E-state index in [9.17, 15) is 13.2 Å². The molecular formula is C23H27N5O3S. The van der Waals surface area contributed by atoms with E-state index in [4.69, 9.17) is 0 Å². The Labute approximate surface area is 187 Å². The van der Waals surface area contributed by atoms with Crippen LogP contribution in [0.2, 0.25) is 0 Å². The molecule has 0 spiro atoms. The van der Waals surface area contributed by atoms with Crippen molar-refractivity contribution >= 4 is 37.9 Å². The van der Waals surface area contributed by atoms with Crippen molar-refractivity contribution < 1.29 is 13.2 Å². The first-order chi connectivity index (χ1) is 15.3. The number of benzene rings is 1. The first-order valence-electron chi connectivity index (χ1n) is 10.6. The number of nitrogens with one attached hydrogen (secondary N) is 1. The molecule has 0 radical (unpaired) electrons. The molecule has 4 rings (SSSR count). The van der Waals surface area contributed by atoms with Gasteiger partial charge in [0.2, 0.25) is 15.0 Å². The predicted octanol–water partition coefficient (Wildman–Crippen LogP) is 3.29. The number of imidazole rings is 1. The van der Waals surface area contributed by atoms with Gasteiger partial charge >= 0.3 is 0 Å². The van der Waals surface area contributed by atoms with Gasteiger partial charge in [0, 0.05) is 48.3 Å². The summed E-state index contributed by atoms with van der Waals surface area (Å²) in [6, 6.07) is 12.9. The van der Waals surface area contributed by atoms with Crippen LogP contribution in [-0.4, -0.2) is 59.1 Å². The number of rotatable bonds is 8. The topological polar surface area (TPSA) is 88.7 Å². The average Bonchev–Trinajstić information content (AvgIpc) is 3.36. The zero-order chi connectivity index (χ0) is 22.9. The van der Waals surface area contributed by atoms with Gasteiger partial charge in [0.1, 0.15) is 0 Å². The summed E-state index contributed by atoms with van der Waals surface area (Å²) in [7, 11) is -3.59. The van der Waals surface area contributed by atoms with Crippen LogP contribution in [0.4, 0.5) is 5.69 Å². The second-order valence-corrected chi connectivity index (χ2v) is 9.64. The Morgan fingerprint density at radius 2 is 1.84 bits per heavy atom. The highest BCUT2D eigenvalue weighted by Crippen LogP contribution is 2.23. The van der Waals surface area contributed by atoms with E-state index in [1.54, 1.807) is 24.4 Å². The lowest BCUT2D eigenvalue weighted by Crippen LogP contribution is -2.26. The molecule has 0 aliphatic rings. The van der Waals surface area contributed by atoms with E-state index >= 15 is 0 Å². The van der Waals surface area contributed by atoms with Crippen molar-refractivity contribution in [1.82, 2.24) is 18.9 Å². The van der Waals surface area contributed by atoms with Crippen LogP contribution >= 0.6 is 0 Å². The highest BCUT2D eigenvalue weighted by Gasteiger charge is 2.22. The van der Waals surface area contributed by atoms with Gasteiger partial charge in [-0.05, 0) is 49.5 Å². The van der Waals surface area contributed by atoms with Gasteiger partial charge in [0.15, 0.2) is 5.69 Å². The molecule has 0 bridgehead atoms. The van der Waals surface area contributed by atoms with Crippen LogP contribution in [0.1, 0.15) is 24.3 Å². The lowest BCUT2D eigenvalue weighted by atomic mass is 10.2. The lowest BCUT2D eigenvalue weighted by Gasteiger charge is -2.18. The van der Waals surface area contributed by atoms with Crippen molar-refractivity contribution in [3.8, 4) is 0 Å². The molecule has 0 saturated heterocycles. The standard InChI is InChI=1S/C23H27N5O3S/c1-4-26(5-2)14-15-27-13-11-17-16-18(9-10-19(17)27)24-22(29)21-20-8-6-7-12-28(20)23(25-21)32(3,30)31/h6-13,16H,4-5,14-15H2,1-3H3,(H,24,29). The smallest absolute Gasteiger partial charge is 0.276 e. The first-order valence-corrected chi connectivity index (χ1v) is 12.5. The number of carbonyl (C=O) groups is 1. The van der Waals surface area contributed by atoms with Gasteiger partial charge in [0.05, 0.1) is 5.52 Å². The second kappa shape index (κ2) is 8.76. The largest absolute Gasteiger partial charge is 0.346 e. The Morgan fingerprint density at radius 1 is 1.06 bits per heavy atom.